The van der Waals surface area contributed by atoms with E-state index >= 15 is 0 Å². The number of carbonyl (C=O) groups excluding carboxylic acids is 2. The van der Waals surface area contributed by atoms with Crippen LogP contribution in [-0.4, -0.2) is 97.4 Å². The van der Waals surface area contributed by atoms with Gasteiger partial charge < -0.3 is 26.0 Å². The lowest BCUT2D eigenvalue weighted by Crippen LogP contribution is -2.46. The molecule has 5 aromatic carbocycles. The first-order valence-electron chi connectivity index (χ1n) is 20.2. The molecule has 5 aromatic rings. The quantitative estimate of drug-likeness (QED) is 0.0489. The van der Waals surface area contributed by atoms with E-state index in [9.17, 15) is 19.7 Å². The lowest BCUT2D eigenvalue weighted by molar-refractivity contribution is -0.384. The zero-order chi connectivity index (χ0) is 41.8. The first-order chi connectivity index (χ1) is 29.2. The van der Waals surface area contributed by atoms with Gasteiger partial charge >= 0.3 is 0 Å². The number of morpholine rings is 1. The summed E-state index contributed by atoms with van der Waals surface area (Å²) in [7, 11) is 0. The molecule has 14 heteroatoms. The third-order valence-corrected chi connectivity index (χ3v) is 12.4. The fourth-order valence-electron chi connectivity index (χ4n) is 7.63. The highest BCUT2D eigenvalue weighted by Crippen LogP contribution is 2.32. The summed E-state index contributed by atoms with van der Waals surface area (Å²) in [4.78, 5) is 46.4. The molecular weight excluding hydrogens is 798 g/mol. The monoisotopic (exact) mass is 847 g/mol. The number of halogens is 1. The van der Waals surface area contributed by atoms with E-state index in [1.807, 2.05) is 54.6 Å². The van der Waals surface area contributed by atoms with Gasteiger partial charge in [0.25, 0.3) is 11.6 Å². The average Bonchev–Trinajstić information content (AvgIpc) is 3.28. The van der Waals surface area contributed by atoms with Crippen LogP contribution < -0.4 is 21.3 Å². The maximum absolute atomic E-state index is 13.5. The standard InChI is InChI=1S/C46H50ClN7O5S/c47-37-15-10-33(11-16-37)41-9-5-4-6-36(41)31-52-22-24-53(25-23-52)39-17-12-34(13-18-39)46(56)50-44(45(48)55)35-14-19-42(43(30-35)54(57)58)49-38(20-21-51-26-28-59-29-27-51)32-60-40-7-2-1-3-8-40/h1-19,30,38,44,49H,20-29,31-32H2,(H2,48,55)(H,50,56)/t38-,44?/m1/s1. The number of carbonyl (C=O) groups is 2. The molecule has 2 amide bonds. The Balaban J connectivity index is 0.970. The molecule has 2 atom stereocenters. The van der Waals surface area contributed by atoms with E-state index < -0.39 is 22.8 Å². The molecule has 0 aliphatic carbocycles. The van der Waals surface area contributed by atoms with Crippen molar-refractivity contribution in [3.05, 3.63) is 153 Å². The minimum atomic E-state index is -1.28. The van der Waals surface area contributed by atoms with E-state index in [4.69, 9.17) is 22.1 Å². The Kier molecular flexibility index (Phi) is 14.7. The number of nitrogens with zero attached hydrogens (tertiary/aromatic N) is 4. The van der Waals surface area contributed by atoms with Gasteiger partial charge in [0.2, 0.25) is 5.91 Å². The largest absolute Gasteiger partial charge is 0.379 e. The van der Waals surface area contributed by atoms with Crippen molar-refractivity contribution in [1.29, 1.82) is 0 Å². The highest BCUT2D eigenvalue weighted by Gasteiger charge is 2.27. The Labute approximate surface area is 360 Å². The van der Waals surface area contributed by atoms with Gasteiger partial charge in [0.15, 0.2) is 0 Å². The summed E-state index contributed by atoms with van der Waals surface area (Å²) in [6.07, 6.45) is 0.758. The van der Waals surface area contributed by atoms with Gasteiger partial charge in [0.1, 0.15) is 11.7 Å². The number of hydrogen-bond donors (Lipinski definition) is 3. The Morgan fingerprint density at radius 1 is 0.833 bits per heavy atom. The molecule has 2 fully saturated rings. The molecule has 0 radical (unpaired) electrons. The molecule has 0 spiro atoms. The zero-order valence-electron chi connectivity index (χ0n) is 33.4. The van der Waals surface area contributed by atoms with E-state index in [1.165, 1.54) is 17.2 Å². The van der Waals surface area contributed by atoms with Crippen molar-refractivity contribution in [2.75, 3.05) is 75.0 Å². The van der Waals surface area contributed by atoms with Gasteiger partial charge in [0.05, 0.1) is 18.1 Å². The molecule has 0 bridgehead atoms. The predicted molar refractivity (Wildman–Crippen MR) is 240 cm³/mol. The Hall–Kier alpha value is -5.44. The highest BCUT2D eigenvalue weighted by molar-refractivity contribution is 7.99. The number of ether oxygens (including phenoxy) is 1. The first-order valence-corrected chi connectivity index (χ1v) is 21.6. The maximum Gasteiger partial charge on any atom is 0.292 e. The lowest BCUT2D eigenvalue weighted by Gasteiger charge is -2.36. The number of nitro groups is 1. The van der Waals surface area contributed by atoms with Gasteiger partial charge in [-0.05, 0) is 83.3 Å². The number of rotatable bonds is 17. The van der Waals surface area contributed by atoms with Gasteiger partial charge in [0, 0.05) is 91.4 Å². The van der Waals surface area contributed by atoms with Crippen molar-refractivity contribution in [2.45, 2.75) is 29.9 Å². The molecule has 0 aromatic heterocycles. The van der Waals surface area contributed by atoms with Crippen molar-refractivity contribution in [3.63, 3.8) is 0 Å². The topological polar surface area (TPSA) is 146 Å². The summed E-state index contributed by atoms with van der Waals surface area (Å²) in [6.45, 7) is 8.11. The summed E-state index contributed by atoms with van der Waals surface area (Å²) in [5.41, 5.74) is 11.1. The van der Waals surface area contributed by atoms with Crippen LogP contribution in [0, 0.1) is 10.1 Å². The summed E-state index contributed by atoms with van der Waals surface area (Å²) in [5.74, 6) is -0.657. The van der Waals surface area contributed by atoms with Crippen molar-refractivity contribution in [1.82, 2.24) is 15.1 Å². The van der Waals surface area contributed by atoms with Crippen LogP contribution in [0.1, 0.15) is 33.9 Å². The predicted octanol–water partition coefficient (Wildman–Crippen LogP) is 7.49. The molecule has 2 aliphatic heterocycles. The highest BCUT2D eigenvalue weighted by atomic mass is 35.5. The number of nitro benzene ring substituents is 1. The number of piperazine rings is 1. The third-order valence-electron chi connectivity index (χ3n) is 11.0. The van der Waals surface area contributed by atoms with Crippen LogP contribution in [0.3, 0.4) is 0 Å². The number of benzene rings is 5. The lowest BCUT2D eigenvalue weighted by atomic mass is 9.99. The molecule has 12 nitrogen and oxygen atoms in total. The van der Waals surface area contributed by atoms with Crippen molar-refractivity contribution in [3.8, 4) is 11.1 Å². The molecule has 1 unspecified atom stereocenters. The number of hydrogen-bond acceptors (Lipinski definition) is 10. The molecule has 60 heavy (non-hydrogen) atoms. The van der Waals surface area contributed by atoms with E-state index in [0.29, 0.717) is 35.2 Å². The SMILES string of the molecule is NC(=O)C(NC(=O)c1ccc(N2CCN(Cc3ccccc3-c3ccc(Cl)cc3)CC2)cc1)c1ccc(N[C@H](CCN2CCOCC2)CSc2ccccc2)c([N+](=O)[O-])c1. The summed E-state index contributed by atoms with van der Waals surface area (Å²) in [5, 5.41) is 19.3. The van der Waals surface area contributed by atoms with E-state index in [1.54, 1.807) is 36.0 Å². The third kappa shape index (κ3) is 11.4. The Morgan fingerprint density at radius 2 is 1.53 bits per heavy atom. The van der Waals surface area contributed by atoms with Crippen LogP contribution >= 0.6 is 23.4 Å². The summed E-state index contributed by atoms with van der Waals surface area (Å²) < 4.78 is 5.50. The number of primary amides is 1. The molecule has 0 saturated carbocycles. The van der Waals surface area contributed by atoms with Crippen LogP contribution in [-0.2, 0) is 16.1 Å². The Bertz CT molecular complexity index is 2220. The van der Waals surface area contributed by atoms with Crippen LogP contribution in [0.25, 0.3) is 11.1 Å². The molecule has 7 rings (SSSR count). The van der Waals surface area contributed by atoms with E-state index in [2.05, 4.69) is 61.7 Å². The second-order valence-corrected chi connectivity index (χ2v) is 16.6. The number of anilines is 2. The summed E-state index contributed by atoms with van der Waals surface area (Å²) >= 11 is 7.82. The van der Waals surface area contributed by atoms with Crippen molar-refractivity contribution >= 4 is 52.2 Å². The Morgan fingerprint density at radius 3 is 2.23 bits per heavy atom. The number of nitrogens with two attached hydrogens (primary N) is 1. The van der Waals surface area contributed by atoms with Crippen molar-refractivity contribution < 1.29 is 19.2 Å². The number of nitrogens with one attached hydrogen (secondary N) is 2. The second-order valence-electron chi connectivity index (χ2n) is 15.0. The van der Waals surface area contributed by atoms with Gasteiger partial charge in [-0.2, -0.15) is 0 Å². The smallest absolute Gasteiger partial charge is 0.292 e. The minimum absolute atomic E-state index is 0.0932. The van der Waals surface area contributed by atoms with Gasteiger partial charge in [-0.15, -0.1) is 11.8 Å². The minimum Gasteiger partial charge on any atom is -0.379 e. The zero-order valence-corrected chi connectivity index (χ0v) is 35.0. The maximum atomic E-state index is 13.5. The molecule has 2 heterocycles. The fraction of sp³-hybridized carbons (Fsp3) is 0.304. The number of thioether (sulfide) groups is 1. The van der Waals surface area contributed by atoms with Gasteiger partial charge in [-0.1, -0.05) is 72.3 Å². The first kappa shape index (κ1) is 42.7. The molecular formula is C46H50ClN7O5S. The number of amides is 2. The molecule has 4 N–H and O–H groups in total. The van der Waals surface area contributed by atoms with Crippen LogP contribution in [0.15, 0.2) is 126 Å². The summed E-state index contributed by atoms with van der Waals surface area (Å²) in [6, 6.07) is 36.8. The molecule has 2 aliphatic rings. The van der Waals surface area contributed by atoms with Crippen molar-refractivity contribution in [2.24, 2.45) is 5.73 Å². The van der Waals surface area contributed by atoms with E-state index in [-0.39, 0.29) is 17.3 Å². The molecule has 2 saturated heterocycles. The second kappa shape index (κ2) is 20.7. The van der Waals surface area contributed by atoms with Crippen LogP contribution in [0.4, 0.5) is 17.1 Å². The van der Waals surface area contributed by atoms with Gasteiger partial charge in [-0.25, -0.2) is 0 Å². The normalized spacial score (nSPS) is 15.8. The average molecular weight is 848 g/mol. The van der Waals surface area contributed by atoms with Gasteiger partial charge in [-0.3, -0.25) is 29.5 Å². The fourth-order valence-corrected chi connectivity index (χ4v) is 8.75. The van der Waals surface area contributed by atoms with Crippen LogP contribution in [0.5, 0.6) is 0 Å². The van der Waals surface area contributed by atoms with Crippen LogP contribution in [0.2, 0.25) is 5.02 Å². The molecule has 312 valence electrons. The van der Waals surface area contributed by atoms with E-state index in [0.717, 1.165) is 74.9 Å².